The van der Waals surface area contributed by atoms with Gasteiger partial charge in [-0.3, -0.25) is 4.79 Å². The lowest BCUT2D eigenvalue weighted by Gasteiger charge is -2.18. The third-order valence-electron chi connectivity index (χ3n) is 4.34. The Bertz CT molecular complexity index is 955. The first kappa shape index (κ1) is 17.4. The number of esters is 1. The molecule has 3 nitrogen and oxygen atoms in total. The largest absolute Gasteiger partial charge is 0.453 e. The fourth-order valence-corrected chi connectivity index (χ4v) is 3.98. The number of para-hydroxylation sites is 1. The van der Waals surface area contributed by atoms with E-state index < -0.39 is 6.10 Å². The van der Waals surface area contributed by atoms with Crippen molar-refractivity contribution in [1.82, 2.24) is 4.98 Å². The molecule has 0 radical (unpaired) electrons. The van der Waals surface area contributed by atoms with Gasteiger partial charge in [-0.2, -0.15) is 0 Å². The second kappa shape index (κ2) is 8.14. The molecule has 4 heteroatoms. The van der Waals surface area contributed by atoms with Gasteiger partial charge in [-0.15, -0.1) is 11.3 Å². The molecule has 0 aliphatic rings. The zero-order valence-corrected chi connectivity index (χ0v) is 15.6. The lowest BCUT2D eigenvalue weighted by molar-refractivity contribution is -0.147. The zero-order valence-electron chi connectivity index (χ0n) is 14.7. The van der Waals surface area contributed by atoms with Crippen LogP contribution in [-0.2, 0) is 16.0 Å². The van der Waals surface area contributed by atoms with Crippen LogP contribution in [0, 0.1) is 0 Å². The van der Waals surface area contributed by atoms with E-state index in [9.17, 15) is 4.79 Å². The first-order chi connectivity index (χ1) is 13.3. The van der Waals surface area contributed by atoms with E-state index in [1.165, 1.54) is 0 Å². The number of rotatable bonds is 6. The van der Waals surface area contributed by atoms with Crippen molar-refractivity contribution in [3.8, 4) is 0 Å². The third-order valence-corrected chi connectivity index (χ3v) is 5.43. The molecule has 0 bridgehead atoms. The number of hydrogen-bond donors (Lipinski definition) is 0. The molecular formula is C23H19NO2S. The molecule has 3 aromatic carbocycles. The second-order valence-electron chi connectivity index (χ2n) is 6.27. The summed E-state index contributed by atoms with van der Waals surface area (Å²) in [7, 11) is 0. The fourth-order valence-electron chi connectivity index (χ4n) is 3.01. The molecule has 0 N–H and O–H groups in total. The molecule has 1 aromatic heterocycles. The summed E-state index contributed by atoms with van der Waals surface area (Å²) in [4.78, 5) is 17.1. The molecule has 4 rings (SSSR count). The van der Waals surface area contributed by atoms with Gasteiger partial charge in [0.25, 0.3) is 0 Å². The van der Waals surface area contributed by atoms with Gasteiger partial charge in [-0.1, -0.05) is 72.8 Å². The van der Waals surface area contributed by atoms with Gasteiger partial charge in [0.05, 0.1) is 21.6 Å². The Morgan fingerprint density at radius 3 is 2.07 bits per heavy atom. The maximum absolute atomic E-state index is 12.5. The average molecular weight is 373 g/mol. The average Bonchev–Trinajstić information content (AvgIpc) is 3.15. The lowest BCUT2D eigenvalue weighted by atomic mass is 10.0. The van der Waals surface area contributed by atoms with E-state index >= 15 is 0 Å². The summed E-state index contributed by atoms with van der Waals surface area (Å²) in [5.74, 6) is -0.216. The Balaban J connectivity index is 1.47. The molecule has 0 unspecified atom stereocenters. The molecule has 0 amide bonds. The molecule has 27 heavy (non-hydrogen) atoms. The monoisotopic (exact) mass is 373 g/mol. The van der Waals surface area contributed by atoms with E-state index in [1.54, 1.807) is 11.3 Å². The maximum Gasteiger partial charge on any atom is 0.307 e. The Kier molecular flexibility index (Phi) is 5.26. The zero-order chi connectivity index (χ0) is 18.5. The van der Waals surface area contributed by atoms with Gasteiger partial charge in [-0.05, 0) is 23.3 Å². The second-order valence-corrected chi connectivity index (χ2v) is 7.38. The number of nitrogens with zero attached hydrogens (tertiary/aromatic N) is 1. The molecule has 134 valence electrons. The lowest BCUT2D eigenvalue weighted by Crippen LogP contribution is -2.13. The Morgan fingerprint density at radius 2 is 1.44 bits per heavy atom. The van der Waals surface area contributed by atoms with Crippen molar-refractivity contribution in [3.05, 3.63) is 101 Å². The topological polar surface area (TPSA) is 39.2 Å². The van der Waals surface area contributed by atoms with E-state index in [1.807, 2.05) is 78.9 Å². The number of ether oxygens (including phenoxy) is 1. The van der Waals surface area contributed by atoms with E-state index in [2.05, 4.69) is 11.1 Å². The van der Waals surface area contributed by atoms with E-state index in [-0.39, 0.29) is 5.97 Å². The summed E-state index contributed by atoms with van der Waals surface area (Å²) in [6.45, 7) is 0. The Labute approximate surface area is 162 Å². The number of carbonyl (C=O) groups excluding carboxylic acids is 1. The molecule has 1 heterocycles. The van der Waals surface area contributed by atoms with Gasteiger partial charge in [0, 0.05) is 6.42 Å². The normalized spacial score (nSPS) is 11.0. The molecular weight excluding hydrogens is 354 g/mol. The number of aromatic nitrogens is 1. The van der Waals surface area contributed by atoms with Crippen LogP contribution in [0.1, 0.15) is 28.7 Å². The van der Waals surface area contributed by atoms with E-state index in [4.69, 9.17) is 4.74 Å². The van der Waals surface area contributed by atoms with Crippen molar-refractivity contribution in [3.63, 3.8) is 0 Å². The minimum Gasteiger partial charge on any atom is -0.453 e. The van der Waals surface area contributed by atoms with Crippen LogP contribution in [0.3, 0.4) is 0 Å². The van der Waals surface area contributed by atoms with Crippen LogP contribution >= 0.6 is 11.3 Å². The molecule has 0 aliphatic carbocycles. The number of benzene rings is 3. The first-order valence-electron chi connectivity index (χ1n) is 8.93. The van der Waals surface area contributed by atoms with Gasteiger partial charge >= 0.3 is 5.97 Å². The number of carbonyl (C=O) groups is 1. The molecule has 0 spiro atoms. The summed E-state index contributed by atoms with van der Waals surface area (Å²) in [6.07, 6.45) is 0.514. The summed E-state index contributed by atoms with van der Waals surface area (Å²) < 4.78 is 7.00. The minimum absolute atomic E-state index is 0.216. The molecule has 0 aliphatic heterocycles. The molecule has 0 saturated heterocycles. The van der Waals surface area contributed by atoms with Crippen molar-refractivity contribution < 1.29 is 9.53 Å². The molecule has 0 atom stereocenters. The highest BCUT2D eigenvalue weighted by Crippen LogP contribution is 2.27. The summed E-state index contributed by atoms with van der Waals surface area (Å²) >= 11 is 1.63. The number of aryl methyl sites for hydroxylation is 1. The van der Waals surface area contributed by atoms with Crippen LogP contribution in [0.5, 0.6) is 0 Å². The van der Waals surface area contributed by atoms with Crippen LogP contribution < -0.4 is 0 Å². The number of hydrogen-bond acceptors (Lipinski definition) is 4. The van der Waals surface area contributed by atoms with Crippen molar-refractivity contribution in [2.45, 2.75) is 18.9 Å². The quantitative estimate of drug-likeness (QED) is 0.415. The molecule has 4 aromatic rings. The highest BCUT2D eigenvalue weighted by Gasteiger charge is 2.19. The van der Waals surface area contributed by atoms with Crippen LogP contribution in [-0.4, -0.2) is 11.0 Å². The van der Waals surface area contributed by atoms with Crippen LogP contribution in [0.4, 0.5) is 0 Å². The summed E-state index contributed by atoms with van der Waals surface area (Å²) in [5, 5.41) is 0.962. The highest BCUT2D eigenvalue weighted by atomic mass is 32.1. The SMILES string of the molecule is O=C(CCc1nc2ccccc2s1)OC(c1ccccc1)c1ccccc1. The van der Waals surface area contributed by atoms with Gasteiger partial charge < -0.3 is 4.74 Å². The van der Waals surface area contributed by atoms with E-state index in [0.717, 1.165) is 26.4 Å². The maximum atomic E-state index is 12.5. The standard InChI is InChI=1S/C23H19NO2S/c25-22(16-15-21-24-19-13-7-8-14-20(19)27-21)26-23(17-9-3-1-4-10-17)18-11-5-2-6-12-18/h1-14,23H,15-16H2. The van der Waals surface area contributed by atoms with Gasteiger partial charge in [0.2, 0.25) is 0 Å². The Hall–Kier alpha value is -2.98. The summed E-state index contributed by atoms with van der Waals surface area (Å²) in [5.41, 5.74) is 2.92. The predicted octanol–water partition coefficient (Wildman–Crippen LogP) is 5.56. The van der Waals surface area contributed by atoms with Gasteiger partial charge in [0.15, 0.2) is 6.10 Å². The highest BCUT2D eigenvalue weighted by molar-refractivity contribution is 7.18. The number of fused-ring (bicyclic) bond motifs is 1. The summed E-state index contributed by atoms with van der Waals surface area (Å²) in [6, 6.07) is 27.7. The van der Waals surface area contributed by atoms with Gasteiger partial charge in [-0.25, -0.2) is 4.98 Å². The fraction of sp³-hybridized carbons (Fsp3) is 0.130. The molecule has 0 fully saturated rings. The first-order valence-corrected chi connectivity index (χ1v) is 9.75. The smallest absolute Gasteiger partial charge is 0.307 e. The third kappa shape index (κ3) is 4.23. The Morgan fingerprint density at radius 1 is 0.852 bits per heavy atom. The van der Waals surface area contributed by atoms with Crippen LogP contribution in [0.15, 0.2) is 84.9 Å². The van der Waals surface area contributed by atoms with Crippen molar-refractivity contribution >= 4 is 27.5 Å². The van der Waals surface area contributed by atoms with Crippen molar-refractivity contribution in [2.75, 3.05) is 0 Å². The number of thiazole rings is 1. The van der Waals surface area contributed by atoms with E-state index in [0.29, 0.717) is 12.8 Å². The van der Waals surface area contributed by atoms with Crippen LogP contribution in [0.25, 0.3) is 10.2 Å². The molecule has 0 saturated carbocycles. The van der Waals surface area contributed by atoms with Crippen molar-refractivity contribution in [2.24, 2.45) is 0 Å². The minimum atomic E-state index is -0.393. The predicted molar refractivity (Wildman–Crippen MR) is 109 cm³/mol. The van der Waals surface area contributed by atoms with Gasteiger partial charge in [0.1, 0.15) is 0 Å². The van der Waals surface area contributed by atoms with Crippen LogP contribution in [0.2, 0.25) is 0 Å². The van der Waals surface area contributed by atoms with Crippen molar-refractivity contribution in [1.29, 1.82) is 0 Å².